The molecule has 1 aliphatic heterocycles. The minimum atomic E-state index is -0.892. The van der Waals surface area contributed by atoms with Gasteiger partial charge in [0.2, 0.25) is 5.43 Å². The first-order valence-electron chi connectivity index (χ1n) is 11.9. The van der Waals surface area contributed by atoms with Crippen LogP contribution < -0.4 is 15.5 Å². The maximum Gasteiger partial charge on any atom is 0.274 e. The fraction of sp³-hybridized carbons (Fsp3) is 0.296. The van der Waals surface area contributed by atoms with Gasteiger partial charge in [-0.25, -0.2) is 8.78 Å². The highest BCUT2D eigenvalue weighted by Gasteiger charge is 2.34. The van der Waals surface area contributed by atoms with E-state index in [1.54, 1.807) is 24.3 Å². The summed E-state index contributed by atoms with van der Waals surface area (Å²) in [6.45, 7) is -0.0818. The van der Waals surface area contributed by atoms with Crippen molar-refractivity contribution in [2.45, 2.75) is 26.3 Å². The number of benzene rings is 2. The standard InChI is InChI=1S/C27H27F2N3O6/c1-37-12-11-31-9-10-32-21(15-33)22(26(35)30-14-18-7-8-19(28)13-20(18)29)24(34)25(23(32)27(31)36)38-16-17-5-3-2-4-6-17/h2-8,13,33H,9-12,14-16H2,1H3,(H,30,35). The number of aliphatic hydroxyl groups excluding tert-OH is 1. The number of fused-ring (bicyclic) bond motifs is 1. The third kappa shape index (κ3) is 5.58. The van der Waals surface area contributed by atoms with Crippen LogP contribution in [0.2, 0.25) is 0 Å². The molecule has 9 nitrogen and oxygen atoms in total. The highest BCUT2D eigenvalue weighted by atomic mass is 19.1. The van der Waals surface area contributed by atoms with E-state index >= 15 is 0 Å². The Hall–Kier alpha value is -4.09. The van der Waals surface area contributed by atoms with Crippen LogP contribution in [0.1, 0.15) is 37.7 Å². The second-order valence-electron chi connectivity index (χ2n) is 8.62. The number of carbonyl (C=O) groups is 2. The number of ether oxygens (including phenoxy) is 2. The van der Waals surface area contributed by atoms with Crippen LogP contribution in [0.3, 0.4) is 0 Å². The van der Waals surface area contributed by atoms with E-state index in [0.717, 1.165) is 11.6 Å². The van der Waals surface area contributed by atoms with Gasteiger partial charge < -0.3 is 29.4 Å². The molecule has 0 radical (unpaired) electrons. The van der Waals surface area contributed by atoms with E-state index in [1.165, 1.54) is 22.6 Å². The second kappa shape index (κ2) is 12.0. The molecule has 1 aromatic heterocycles. The van der Waals surface area contributed by atoms with Gasteiger partial charge in [0.15, 0.2) is 11.4 Å². The van der Waals surface area contributed by atoms with E-state index < -0.39 is 41.0 Å². The van der Waals surface area contributed by atoms with E-state index in [1.807, 2.05) is 6.07 Å². The van der Waals surface area contributed by atoms with Crippen molar-refractivity contribution < 1.29 is 33.0 Å². The van der Waals surface area contributed by atoms with Crippen molar-refractivity contribution in [2.24, 2.45) is 0 Å². The molecule has 0 aliphatic carbocycles. The summed E-state index contributed by atoms with van der Waals surface area (Å²) >= 11 is 0. The van der Waals surface area contributed by atoms with Crippen LogP contribution in [0, 0.1) is 11.6 Å². The van der Waals surface area contributed by atoms with Crippen LogP contribution in [-0.2, 0) is 31.0 Å². The van der Waals surface area contributed by atoms with Crippen molar-refractivity contribution in [1.29, 1.82) is 0 Å². The third-order valence-corrected chi connectivity index (χ3v) is 6.24. The zero-order valence-electron chi connectivity index (χ0n) is 20.7. The van der Waals surface area contributed by atoms with E-state index in [4.69, 9.17) is 9.47 Å². The lowest BCUT2D eigenvalue weighted by Crippen LogP contribution is -2.46. The maximum atomic E-state index is 14.1. The molecule has 0 saturated carbocycles. The summed E-state index contributed by atoms with van der Waals surface area (Å²) in [6, 6.07) is 11.9. The summed E-state index contributed by atoms with van der Waals surface area (Å²) in [5, 5.41) is 12.6. The van der Waals surface area contributed by atoms with Crippen molar-refractivity contribution >= 4 is 11.8 Å². The van der Waals surface area contributed by atoms with Crippen LogP contribution in [0.5, 0.6) is 5.75 Å². The van der Waals surface area contributed by atoms with Crippen LogP contribution in [0.25, 0.3) is 0 Å². The Kier molecular flexibility index (Phi) is 8.49. The SMILES string of the molecule is COCCN1CCn2c(CO)c(C(=O)NCc3ccc(F)cc3F)c(=O)c(OCc3ccccc3)c2C1=O. The Bertz CT molecular complexity index is 1390. The van der Waals surface area contributed by atoms with Crippen molar-refractivity contribution in [3.05, 3.63) is 98.5 Å². The number of aliphatic hydroxyl groups is 1. The minimum absolute atomic E-state index is 0.00729. The zero-order chi connectivity index (χ0) is 27.2. The summed E-state index contributed by atoms with van der Waals surface area (Å²) in [6.07, 6.45) is 0. The van der Waals surface area contributed by atoms with Gasteiger partial charge in [-0.15, -0.1) is 0 Å². The van der Waals surface area contributed by atoms with E-state index in [0.29, 0.717) is 6.07 Å². The van der Waals surface area contributed by atoms with Crippen LogP contribution >= 0.6 is 0 Å². The number of aromatic nitrogens is 1. The predicted octanol–water partition coefficient (Wildman–Crippen LogP) is 2.23. The average Bonchev–Trinajstić information content (AvgIpc) is 2.91. The first-order valence-corrected chi connectivity index (χ1v) is 11.9. The molecule has 0 bridgehead atoms. The van der Waals surface area contributed by atoms with Crippen LogP contribution in [0.4, 0.5) is 8.78 Å². The highest BCUT2D eigenvalue weighted by molar-refractivity contribution is 6.00. The molecule has 1 aliphatic rings. The van der Waals surface area contributed by atoms with E-state index in [-0.39, 0.29) is 62.1 Å². The number of methoxy groups -OCH3 is 1. The topological polar surface area (TPSA) is 110 Å². The minimum Gasteiger partial charge on any atom is -0.483 e. The van der Waals surface area contributed by atoms with Gasteiger partial charge in [0.25, 0.3) is 11.8 Å². The predicted molar refractivity (Wildman–Crippen MR) is 133 cm³/mol. The third-order valence-electron chi connectivity index (χ3n) is 6.24. The molecule has 0 atom stereocenters. The first-order chi connectivity index (χ1) is 18.3. The van der Waals surface area contributed by atoms with Gasteiger partial charge in [0, 0.05) is 44.9 Å². The molecule has 0 fully saturated rings. The van der Waals surface area contributed by atoms with E-state index in [2.05, 4.69) is 5.32 Å². The van der Waals surface area contributed by atoms with Gasteiger partial charge in [-0.05, 0) is 11.6 Å². The smallest absolute Gasteiger partial charge is 0.274 e. The molecular formula is C27H27F2N3O6. The fourth-order valence-corrected chi connectivity index (χ4v) is 4.28. The number of halogens is 2. The average molecular weight is 528 g/mol. The summed E-state index contributed by atoms with van der Waals surface area (Å²) < 4.78 is 39.7. The molecule has 3 aromatic rings. The number of pyridine rings is 1. The number of rotatable bonds is 10. The molecule has 4 rings (SSSR count). The Morgan fingerprint density at radius 1 is 1.11 bits per heavy atom. The second-order valence-corrected chi connectivity index (χ2v) is 8.62. The maximum absolute atomic E-state index is 14.1. The van der Waals surface area contributed by atoms with Crippen molar-refractivity contribution in [3.63, 3.8) is 0 Å². The normalized spacial score (nSPS) is 12.8. The fourth-order valence-electron chi connectivity index (χ4n) is 4.28. The van der Waals surface area contributed by atoms with Gasteiger partial charge in [0.05, 0.1) is 18.9 Å². The van der Waals surface area contributed by atoms with Gasteiger partial charge in [0.1, 0.15) is 23.8 Å². The molecule has 0 unspecified atom stereocenters. The molecule has 200 valence electrons. The molecule has 2 N–H and O–H groups in total. The summed E-state index contributed by atoms with van der Waals surface area (Å²) in [5.74, 6) is -3.34. The van der Waals surface area contributed by atoms with Gasteiger partial charge >= 0.3 is 0 Å². The molecule has 2 heterocycles. The number of hydrogen-bond donors (Lipinski definition) is 2. The highest BCUT2D eigenvalue weighted by Crippen LogP contribution is 2.26. The molecule has 11 heteroatoms. The molecule has 0 spiro atoms. The van der Waals surface area contributed by atoms with Gasteiger partial charge in [-0.2, -0.15) is 0 Å². The number of hydrogen-bond acceptors (Lipinski definition) is 6. The summed E-state index contributed by atoms with van der Waals surface area (Å²) in [7, 11) is 1.51. The number of amides is 2. The Balaban J connectivity index is 1.75. The lowest BCUT2D eigenvalue weighted by atomic mass is 10.1. The Morgan fingerprint density at radius 2 is 1.87 bits per heavy atom. The molecule has 38 heavy (non-hydrogen) atoms. The number of nitrogens with zero attached hydrogens (tertiary/aromatic N) is 2. The quantitative estimate of drug-likeness (QED) is 0.419. The monoisotopic (exact) mass is 527 g/mol. The summed E-state index contributed by atoms with van der Waals surface area (Å²) in [5.41, 5.74) is -0.690. The number of carbonyl (C=O) groups excluding carboxylic acids is 2. The lowest BCUT2D eigenvalue weighted by molar-refractivity contribution is 0.0624. The molecule has 2 amide bonds. The largest absolute Gasteiger partial charge is 0.483 e. The lowest BCUT2D eigenvalue weighted by Gasteiger charge is -2.33. The van der Waals surface area contributed by atoms with Crippen LogP contribution in [-0.4, -0.2) is 53.2 Å². The number of nitrogens with one attached hydrogen (secondary N) is 1. The van der Waals surface area contributed by atoms with Gasteiger partial charge in [-0.3, -0.25) is 14.4 Å². The van der Waals surface area contributed by atoms with Gasteiger partial charge in [-0.1, -0.05) is 36.4 Å². The van der Waals surface area contributed by atoms with Crippen molar-refractivity contribution in [2.75, 3.05) is 26.8 Å². The molecule has 0 saturated heterocycles. The summed E-state index contributed by atoms with van der Waals surface area (Å²) in [4.78, 5) is 41.8. The van der Waals surface area contributed by atoms with Crippen LogP contribution in [0.15, 0.2) is 53.3 Å². The first kappa shape index (κ1) is 27.0. The zero-order valence-corrected chi connectivity index (χ0v) is 20.7. The van der Waals surface area contributed by atoms with Crippen molar-refractivity contribution in [3.8, 4) is 5.75 Å². The van der Waals surface area contributed by atoms with Crippen molar-refractivity contribution in [1.82, 2.24) is 14.8 Å². The Morgan fingerprint density at radius 3 is 2.55 bits per heavy atom. The Labute approximate surface area is 217 Å². The van der Waals surface area contributed by atoms with E-state index in [9.17, 15) is 28.3 Å². The molecular weight excluding hydrogens is 500 g/mol. The molecule has 2 aromatic carbocycles.